The summed E-state index contributed by atoms with van der Waals surface area (Å²) in [7, 11) is 1.67. The smallest absolute Gasteiger partial charge is 0.143 e. The lowest BCUT2D eigenvalue weighted by molar-refractivity contribution is 0.175. The van der Waals surface area contributed by atoms with E-state index in [0.717, 1.165) is 16.6 Å². The fourth-order valence-electron chi connectivity index (χ4n) is 2.50. The van der Waals surface area contributed by atoms with E-state index in [1.165, 1.54) is 0 Å². The molecule has 1 N–H and O–H groups in total. The predicted molar refractivity (Wildman–Crippen MR) is 82.1 cm³/mol. The van der Waals surface area contributed by atoms with Crippen LogP contribution in [0.2, 0.25) is 0 Å². The van der Waals surface area contributed by atoms with E-state index in [-0.39, 0.29) is 0 Å². The second-order valence-electron chi connectivity index (χ2n) is 4.92. The number of para-hydroxylation sites is 2. The first-order valence-electron chi connectivity index (χ1n) is 6.98. The van der Waals surface area contributed by atoms with Crippen molar-refractivity contribution in [1.29, 1.82) is 0 Å². The lowest BCUT2D eigenvalue weighted by Crippen LogP contribution is -2.12. The SMILES string of the molecule is COCCn1c([C@@H](O)c2ccccc2)nc2ccccc21. The van der Waals surface area contributed by atoms with Gasteiger partial charge in [-0.05, 0) is 17.7 Å². The van der Waals surface area contributed by atoms with Crippen molar-refractivity contribution in [3.63, 3.8) is 0 Å². The topological polar surface area (TPSA) is 47.3 Å². The van der Waals surface area contributed by atoms with Gasteiger partial charge in [0.15, 0.2) is 0 Å². The van der Waals surface area contributed by atoms with E-state index in [2.05, 4.69) is 4.98 Å². The number of imidazole rings is 1. The number of fused-ring (bicyclic) bond motifs is 1. The highest BCUT2D eigenvalue weighted by molar-refractivity contribution is 5.76. The van der Waals surface area contributed by atoms with Crippen molar-refractivity contribution in [3.05, 3.63) is 66.0 Å². The monoisotopic (exact) mass is 282 g/mol. The standard InChI is InChI=1S/C17H18N2O2/c1-21-12-11-19-15-10-6-5-9-14(15)18-17(19)16(20)13-7-3-2-4-8-13/h2-10,16,20H,11-12H2,1H3/t16-/m0/s1. The number of methoxy groups -OCH3 is 1. The Labute approximate surface area is 123 Å². The van der Waals surface area contributed by atoms with Gasteiger partial charge in [0.1, 0.15) is 11.9 Å². The van der Waals surface area contributed by atoms with Crippen LogP contribution in [-0.4, -0.2) is 28.4 Å². The first kappa shape index (κ1) is 13.8. The molecule has 108 valence electrons. The van der Waals surface area contributed by atoms with E-state index in [4.69, 9.17) is 4.74 Å². The summed E-state index contributed by atoms with van der Waals surface area (Å²) in [4.78, 5) is 4.60. The van der Waals surface area contributed by atoms with Crippen LogP contribution in [0.15, 0.2) is 54.6 Å². The third-order valence-corrected chi connectivity index (χ3v) is 3.56. The molecule has 1 heterocycles. The van der Waals surface area contributed by atoms with Crippen LogP contribution >= 0.6 is 0 Å². The minimum absolute atomic E-state index is 0.578. The van der Waals surface area contributed by atoms with Crippen LogP contribution in [0.5, 0.6) is 0 Å². The zero-order chi connectivity index (χ0) is 14.7. The first-order valence-corrected chi connectivity index (χ1v) is 6.98. The highest BCUT2D eigenvalue weighted by atomic mass is 16.5. The molecule has 0 fully saturated rings. The normalized spacial score (nSPS) is 12.7. The number of aromatic nitrogens is 2. The third-order valence-electron chi connectivity index (χ3n) is 3.56. The second-order valence-corrected chi connectivity index (χ2v) is 4.92. The number of hydrogen-bond acceptors (Lipinski definition) is 3. The maximum Gasteiger partial charge on any atom is 0.143 e. The van der Waals surface area contributed by atoms with Crippen LogP contribution in [0.1, 0.15) is 17.5 Å². The Kier molecular flexibility index (Phi) is 3.99. The average molecular weight is 282 g/mol. The third kappa shape index (κ3) is 2.68. The number of nitrogens with zero attached hydrogens (tertiary/aromatic N) is 2. The van der Waals surface area contributed by atoms with Crippen LogP contribution in [0.25, 0.3) is 11.0 Å². The van der Waals surface area contributed by atoms with Gasteiger partial charge in [-0.15, -0.1) is 0 Å². The van der Waals surface area contributed by atoms with Gasteiger partial charge in [-0.1, -0.05) is 42.5 Å². The summed E-state index contributed by atoms with van der Waals surface area (Å²) in [6, 6.07) is 17.5. The molecule has 0 aliphatic rings. The summed E-state index contributed by atoms with van der Waals surface area (Å²) < 4.78 is 7.20. The molecule has 0 unspecified atom stereocenters. The van der Waals surface area contributed by atoms with Crippen molar-refractivity contribution < 1.29 is 9.84 Å². The molecule has 0 saturated carbocycles. The molecular formula is C17H18N2O2. The van der Waals surface area contributed by atoms with E-state index >= 15 is 0 Å². The van der Waals surface area contributed by atoms with E-state index in [0.29, 0.717) is 19.0 Å². The number of aliphatic hydroxyl groups excluding tert-OH is 1. The summed E-state index contributed by atoms with van der Waals surface area (Å²) in [5, 5.41) is 10.6. The summed E-state index contributed by atoms with van der Waals surface area (Å²) >= 11 is 0. The molecule has 4 nitrogen and oxygen atoms in total. The molecule has 4 heteroatoms. The Balaban J connectivity index is 2.08. The lowest BCUT2D eigenvalue weighted by atomic mass is 10.1. The van der Waals surface area contributed by atoms with E-state index in [9.17, 15) is 5.11 Å². The van der Waals surface area contributed by atoms with Gasteiger partial charge >= 0.3 is 0 Å². The van der Waals surface area contributed by atoms with Gasteiger partial charge in [-0.3, -0.25) is 0 Å². The van der Waals surface area contributed by atoms with Crippen molar-refractivity contribution in [1.82, 2.24) is 9.55 Å². The number of ether oxygens (including phenoxy) is 1. The average Bonchev–Trinajstić information content (AvgIpc) is 2.91. The van der Waals surface area contributed by atoms with Gasteiger partial charge in [0, 0.05) is 13.7 Å². The minimum Gasteiger partial charge on any atom is -0.383 e. The summed E-state index contributed by atoms with van der Waals surface area (Å²) in [5.41, 5.74) is 2.74. The summed E-state index contributed by atoms with van der Waals surface area (Å²) in [5.74, 6) is 0.652. The molecule has 21 heavy (non-hydrogen) atoms. The van der Waals surface area contributed by atoms with Crippen LogP contribution in [0, 0.1) is 0 Å². The van der Waals surface area contributed by atoms with Gasteiger partial charge < -0.3 is 14.4 Å². The van der Waals surface area contributed by atoms with Gasteiger partial charge in [0.25, 0.3) is 0 Å². The Morgan fingerprint density at radius 2 is 1.81 bits per heavy atom. The number of hydrogen-bond donors (Lipinski definition) is 1. The second kappa shape index (κ2) is 6.08. The van der Waals surface area contributed by atoms with Crippen LogP contribution in [0.4, 0.5) is 0 Å². The predicted octanol–water partition coefficient (Wildman–Crippen LogP) is 2.76. The van der Waals surface area contributed by atoms with E-state index in [1.54, 1.807) is 7.11 Å². The highest BCUT2D eigenvalue weighted by Gasteiger charge is 2.19. The molecule has 0 spiro atoms. The Hall–Kier alpha value is -2.17. The maximum absolute atomic E-state index is 10.6. The van der Waals surface area contributed by atoms with Crippen LogP contribution < -0.4 is 0 Å². The molecule has 0 radical (unpaired) electrons. The molecule has 0 amide bonds. The molecule has 1 atom stereocenters. The molecule has 0 aliphatic carbocycles. The number of rotatable bonds is 5. The summed E-state index contributed by atoms with van der Waals surface area (Å²) in [6.45, 7) is 1.24. The Morgan fingerprint density at radius 1 is 1.10 bits per heavy atom. The minimum atomic E-state index is -0.740. The van der Waals surface area contributed by atoms with Gasteiger partial charge in [-0.2, -0.15) is 0 Å². The van der Waals surface area contributed by atoms with Crippen molar-refractivity contribution in [2.45, 2.75) is 12.6 Å². The molecular weight excluding hydrogens is 264 g/mol. The molecule has 3 rings (SSSR count). The molecule has 2 aromatic carbocycles. The fourth-order valence-corrected chi connectivity index (χ4v) is 2.50. The molecule has 0 saturated heterocycles. The Bertz CT molecular complexity index is 722. The van der Waals surface area contributed by atoms with Crippen molar-refractivity contribution in [2.24, 2.45) is 0 Å². The van der Waals surface area contributed by atoms with E-state index < -0.39 is 6.10 Å². The van der Waals surface area contributed by atoms with Gasteiger partial charge in [-0.25, -0.2) is 4.98 Å². The first-order chi connectivity index (χ1) is 10.3. The van der Waals surface area contributed by atoms with Crippen molar-refractivity contribution >= 4 is 11.0 Å². The molecule has 1 aromatic heterocycles. The Morgan fingerprint density at radius 3 is 2.57 bits per heavy atom. The zero-order valence-corrected chi connectivity index (χ0v) is 11.9. The molecule has 0 aliphatic heterocycles. The lowest BCUT2D eigenvalue weighted by Gasteiger charge is -2.14. The zero-order valence-electron chi connectivity index (χ0n) is 11.9. The van der Waals surface area contributed by atoms with E-state index in [1.807, 2.05) is 59.2 Å². The molecule has 3 aromatic rings. The van der Waals surface area contributed by atoms with Gasteiger partial charge in [0.2, 0.25) is 0 Å². The molecule has 0 bridgehead atoms. The number of aliphatic hydroxyl groups is 1. The number of benzene rings is 2. The van der Waals surface area contributed by atoms with Crippen LogP contribution in [-0.2, 0) is 11.3 Å². The van der Waals surface area contributed by atoms with Crippen molar-refractivity contribution in [3.8, 4) is 0 Å². The highest BCUT2D eigenvalue weighted by Crippen LogP contribution is 2.25. The largest absolute Gasteiger partial charge is 0.383 e. The van der Waals surface area contributed by atoms with Crippen molar-refractivity contribution in [2.75, 3.05) is 13.7 Å². The van der Waals surface area contributed by atoms with Crippen LogP contribution in [0.3, 0.4) is 0 Å². The quantitative estimate of drug-likeness (QED) is 0.782. The van der Waals surface area contributed by atoms with Gasteiger partial charge in [0.05, 0.1) is 17.6 Å². The fraction of sp³-hybridized carbons (Fsp3) is 0.235. The maximum atomic E-state index is 10.6. The summed E-state index contributed by atoms with van der Waals surface area (Å²) in [6.07, 6.45) is -0.740.